The van der Waals surface area contributed by atoms with E-state index in [1.54, 1.807) is 0 Å². The topological polar surface area (TPSA) is 32.3 Å². The van der Waals surface area contributed by atoms with Crippen LogP contribution in [-0.4, -0.2) is 37.5 Å². The number of hydrogen-bond donors (Lipinski definition) is 1. The zero-order valence-corrected chi connectivity index (χ0v) is 13.4. The van der Waals surface area contributed by atoms with Crippen molar-refractivity contribution < 1.29 is 4.79 Å². The molecule has 3 unspecified atom stereocenters. The first kappa shape index (κ1) is 14.1. The van der Waals surface area contributed by atoms with Gasteiger partial charge in [-0.3, -0.25) is 4.79 Å². The lowest BCUT2D eigenvalue weighted by Gasteiger charge is -2.16. The zero-order valence-electron chi connectivity index (χ0n) is 11.8. The van der Waals surface area contributed by atoms with Crippen LogP contribution in [0.25, 0.3) is 0 Å². The fourth-order valence-electron chi connectivity index (χ4n) is 3.27. The van der Waals surface area contributed by atoms with Crippen molar-refractivity contribution in [1.29, 1.82) is 0 Å². The van der Waals surface area contributed by atoms with Gasteiger partial charge in [-0.1, -0.05) is 28.1 Å². The smallest absolute Gasteiger partial charge is 0.226 e. The summed E-state index contributed by atoms with van der Waals surface area (Å²) in [5, 5.41) is 3.21. The molecule has 0 bridgehead atoms. The Bertz CT molecular complexity index is 488. The molecule has 0 radical (unpaired) electrons. The molecule has 2 fully saturated rings. The number of rotatable bonds is 4. The number of carbonyl (C=O) groups excluding carboxylic acids is 1. The molecule has 1 aromatic rings. The Morgan fingerprint density at radius 3 is 2.85 bits per heavy atom. The van der Waals surface area contributed by atoms with Gasteiger partial charge in [0.2, 0.25) is 5.91 Å². The van der Waals surface area contributed by atoms with E-state index in [4.69, 9.17) is 0 Å². The molecule has 0 spiro atoms. The molecule has 0 aromatic heterocycles. The lowest BCUT2D eigenvalue weighted by atomic mass is 10.1. The van der Waals surface area contributed by atoms with Crippen molar-refractivity contribution in [3.8, 4) is 0 Å². The second-order valence-corrected chi connectivity index (χ2v) is 6.91. The van der Waals surface area contributed by atoms with Gasteiger partial charge in [0, 0.05) is 23.5 Å². The quantitative estimate of drug-likeness (QED) is 0.916. The van der Waals surface area contributed by atoms with Crippen molar-refractivity contribution in [3.63, 3.8) is 0 Å². The Morgan fingerprint density at radius 1 is 1.40 bits per heavy atom. The molecule has 1 amide bonds. The molecule has 1 saturated carbocycles. The highest BCUT2D eigenvalue weighted by Crippen LogP contribution is 2.49. The van der Waals surface area contributed by atoms with E-state index in [0.717, 1.165) is 36.9 Å². The SMILES string of the molecule is CNCC1CCN(C(=O)C2CC2c2ccc(Br)cc2)C1. The van der Waals surface area contributed by atoms with Crippen LogP contribution in [0.1, 0.15) is 24.3 Å². The van der Waals surface area contributed by atoms with E-state index in [1.165, 1.54) is 5.56 Å². The second kappa shape index (κ2) is 5.86. The van der Waals surface area contributed by atoms with Crippen molar-refractivity contribution in [1.82, 2.24) is 10.2 Å². The maximum Gasteiger partial charge on any atom is 0.226 e. The lowest BCUT2D eigenvalue weighted by Crippen LogP contribution is -2.31. The first-order valence-corrected chi connectivity index (χ1v) is 8.17. The third kappa shape index (κ3) is 2.91. The molecule has 1 aromatic carbocycles. The summed E-state index contributed by atoms with van der Waals surface area (Å²) >= 11 is 3.45. The third-order valence-corrected chi connectivity index (χ3v) is 5.02. The van der Waals surface area contributed by atoms with Gasteiger partial charge in [0.1, 0.15) is 0 Å². The van der Waals surface area contributed by atoms with Gasteiger partial charge in [0.25, 0.3) is 0 Å². The van der Waals surface area contributed by atoms with Crippen molar-refractivity contribution in [2.24, 2.45) is 11.8 Å². The Balaban J connectivity index is 1.56. The van der Waals surface area contributed by atoms with E-state index in [-0.39, 0.29) is 5.92 Å². The number of amides is 1. The summed E-state index contributed by atoms with van der Waals surface area (Å²) < 4.78 is 1.10. The van der Waals surface area contributed by atoms with E-state index < -0.39 is 0 Å². The molecule has 1 aliphatic heterocycles. The molecule has 3 rings (SSSR count). The maximum atomic E-state index is 12.5. The molecule has 20 heavy (non-hydrogen) atoms. The molecule has 3 atom stereocenters. The van der Waals surface area contributed by atoms with Crippen LogP contribution in [0, 0.1) is 11.8 Å². The Kier molecular flexibility index (Phi) is 4.13. The number of hydrogen-bond acceptors (Lipinski definition) is 2. The molecule has 1 aliphatic carbocycles. The van der Waals surface area contributed by atoms with Gasteiger partial charge in [-0.2, -0.15) is 0 Å². The minimum atomic E-state index is 0.226. The maximum absolute atomic E-state index is 12.5. The molecular formula is C16H21BrN2O. The molecule has 1 saturated heterocycles. The summed E-state index contributed by atoms with van der Waals surface area (Å²) in [5.74, 6) is 1.67. The molecule has 1 heterocycles. The van der Waals surface area contributed by atoms with Crippen LogP contribution in [0.4, 0.5) is 0 Å². The highest BCUT2D eigenvalue weighted by atomic mass is 79.9. The van der Waals surface area contributed by atoms with E-state index in [2.05, 4.69) is 50.4 Å². The molecular weight excluding hydrogens is 316 g/mol. The summed E-state index contributed by atoms with van der Waals surface area (Å²) in [6.45, 7) is 2.89. The normalized spacial score (nSPS) is 28.7. The number of nitrogens with zero attached hydrogens (tertiary/aromatic N) is 1. The number of carbonyl (C=O) groups is 1. The zero-order chi connectivity index (χ0) is 14.1. The van der Waals surface area contributed by atoms with Gasteiger partial charge in [-0.05, 0) is 56.0 Å². The number of nitrogens with one attached hydrogen (secondary N) is 1. The molecule has 1 N–H and O–H groups in total. The molecule has 108 valence electrons. The van der Waals surface area contributed by atoms with Gasteiger partial charge in [-0.15, -0.1) is 0 Å². The number of benzene rings is 1. The summed E-state index contributed by atoms with van der Waals surface area (Å²) in [7, 11) is 1.98. The van der Waals surface area contributed by atoms with Crippen LogP contribution in [0.3, 0.4) is 0 Å². The monoisotopic (exact) mass is 336 g/mol. The Labute approximate surface area is 128 Å². The molecule has 2 aliphatic rings. The van der Waals surface area contributed by atoms with Crippen LogP contribution < -0.4 is 5.32 Å². The predicted molar refractivity (Wildman–Crippen MR) is 83.6 cm³/mol. The second-order valence-electron chi connectivity index (χ2n) is 6.00. The van der Waals surface area contributed by atoms with Crippen LogP contribution in [-0.2, 0) is 4.79 Å². The van der Waals surface area contributed by atoms with Gasteiger partial charge in [0.15, 0.2) is 0 Å². The fourth-order valence-corrected chi connectivity index (χ4v) is 3.53. The highest BCUT2D eigenvalue weighted by Gasteiger charge is 2.46. The molecule has 3 nitrogen and oxygen atoms in total. The van der Waals surface area contributed by atoms with Crippen LogP contribution in [0.5, 0.6) is 0 Å². The first-order valence-electron chi connectivity index (χ1n) is 7.38. The summed E-state index contributed by atoms with van der Waals surface area (Å²) in [4.78, 5) is 14.6. The summed E-state index contributed by atoms with van der Waals surface area (Å²) in [6.07, 6.45) is 2.16. The Morgan fingerprint density at radius 2 is 2.15 bits per heavy atom. The van der Waals surface area contributed by atoms with E-state index in [1.807, 2.05) is 7.05 Å². The first-order chi connectivity index (χ1) is 9.69. The summed E-state index contributed by atoms with van der Waals surface area (Å²) in [6, 6.07) is 8.40. The van der Waals surface area contributed by atoms with Crippen LogP contribution in [0.2, 0.25) is 0 Å². The van der Waals surface area contributed by atoms with E-state index in [9.17, 15) is 4.79 Å². The Hall–Kier alpha value is -0.870. The van der Waals surface area contributed by atoms with Crippen molar-refractivity contribution in [3.05, 3.63) is 34.3 Å². The van der Waals surface area contributed by atoms with Crippen LogP contribution >= 0.6 is 15.9 Å². The molecule has 4 heteroatoms. The average Bonchev–Trinajstić information content (AvgIpc) is 3.11. The average molecular weight is 337 g/mol. The third-order valence-electron chi connectivity index (χ3n) is 4.50. The van der Waals surface area contributed by atoms with Gasteiger partial charge >= 0.3 is 0 Å². The standard InChI is InChI=1S/C16H21BrN2O/c1-18-9-11-6-7-19(10-11)16(20)15-8-14(15)12-2-4-13(17)5-3-12/h2-5,11,14-15,18H,6-10H2,1H3. The van der Waals surface area contributed by atoms with Gasteiger partial charge in [-0.25, -0.2) is 0 Å². The van der Waals surface area contributed by atoms with E-state index >= 15 is 0 Å². The lowest BCUT2D eigenvalue weighted by molar-refractivity contribution is -0.131. The predicted octanol–water partition coefficient (Wildman–Crippen LogP) is 2.62. The minimum absolute atomic E-state index is 0.226. The number of halogens is 1. The minimum Gasteiger partial charge on any atom is -0.342 e. The van der Waals surface area contributed by atoms with Gasteiger partial charge in [0.05, 0.1) is 0 Å². The van der Waals surface area contributed by atoms with Crippen molar-refractivity contribution in [2.75, 3.05) is 26.7 Å². The number of likely N-dealkylation sites (tertiary alicyclic amines) is 1. The van der Waals surface area contributed by atoms with E-state index in [0.29, 0.717) is 17.7 Å². The summed E-state index contributed by atoms with van der Waals surface area (Å²) in [5.41, 5.74) is 1.30. The fraction of sp³-hybridized carbons (Fsp3) is 0.562. The van der Waals surface area contributed by atoms with Crippen molar-refractivity contribution in [2.45, 2.75) is 18.8 Å². The van der Waals surface area contributed by atoms with Gasteiger partial charge < -0.3 is 10.2 Å². The highest BCUT2D eigenvalue weighted by molar-refractivity contribution is 9.10. The van der Waals surface area contributed by atoms with Crippen molar-refractivity contribution >= 4 is 21.8 Å². The van der Waals surface area contributed by atoms with Crippen LogP contribution in [0.15, 0.2) is 28.7 Å². The largest absolute Gasteiger partial charge is 0.342 e.